The maximum Gasteiger partial charge on any atom is 0.00984 e. The molecule has 0 spiro atoms. The Hall–Kier alpha value is -0.820. The highest BCUT2D eigenvalue weighted by atomic mass is 14.9. The van der Waals surface area contributed by atoms with Gasteiger partial charge < -0.3 is 5.32 Å². The molecule has 0 heterocycles. The Balaban J connectivity index is 2.04. The highest BCUT2D eigenvalue weighted by Crippen LogP contribution is 2.28. The minimum absolute atomic E-state index is 0.721. The number of rotatable bonds is 5. The van der Waals surface area contributed by atoms with E-state index in [-0.39, 0.29) is 0 Å². The summed E-state index contributed by atoms with van der Waals surface area (Å²) in [5.74, 6) is 0.838. The van der Waals surface area contributed by atoms with Crippen molar-refractivity contribution in [3.05, 3.63) is 35.4 Å². The van der Waals surface area contributed by atoms with E-state index in [2.05, 4.69) is 43.4 Å². The van der Waals surface area contributed by atoms with Crippen molar-refractivity contribution in [2.75, 3.05) is 6.54 Å². The summed E-state index contributed by atoms with van der Waals surface area (Å²) in [6.07, 6.45) is 6.51. The Kier molecular flexibility index (Phi) is 4.61. The lowest BCUT2D eigenvalue weighted by Crippen LogP contribution is -2.38. The third kappa shape index (κ3) is 3.10. The normalized spacial score (nSPS) is 20.9. The summed E-state index contributed by atoms with van der Waals surface area (Å²) in [4.78, 5) is 0. The molecule has 0 aliphatic heterocycles. The fraction of sp³-hybridized carbons (Fsp3) is 0.625. The maximum absolute atomic E-state index is 3.68. The molecule has 0 bridgehead atoms. The van der Waals surface area contributed by atoms with E-state index in [4.69, 9.17) is 0 Å². The van der Waals surface area contributed by atoms with Gasteiger partial charge in [0.2, 0.25) is 0 Å². The minimum atomic E-state index is 0.721. The van der Waals surface area contributed by atoms with Crippen LogP contribution in [-0.4, -0.2) is 12.6 Å². The summed E-state index contributed by atoms with van der Waals surface area (Å²) in [6.45, 7) is 5.61. The Labute approximate surface area is 106 Å². The number of hydrogen-bond donors (Lipinski definition) is 1. The monoisotopic (exact) mass is 231 g/mol. The first-order chi connectivity index (χ1) is 8.35. The zero-order chi connectivity index (χ0) is 12.1. The average Bonchev–Trinajstić information content (AvgIpc) is 2.38. The van der Waals surface area contributed by atoms with Crippen LogP contribution in [0.5, 0.6) is 0 Å². The van der Waals surface area contributed by atoms with Crippen LogP contribution in [0.25, 0.3) is 0 Å². The zero-order valence-electron chi connectivity index (χ0n) is 11.2. The van der Waals surface area contributed by atoms with Crippen LogP contribution in [0.15, 0.2) is 24.3 Å². The third-order valence-corrected chi connectivity index (χ3v) is 4.02. The SMILES string of the molecule is CCCC(NCC)C1CCc2ccccc2C1. The van der Waals surface area contributed by atoms with Gasteiger partial charge in [-0.2, -0.15) is 0 Å². The molecular weight excluding hydrogens is 206 g/mol. The maximum atomic E-state index is 3.68. The Morgan fingerprint density at radius 1 is 1.24 bits per heavy atom. The van der Waals surface area contributed by atoms with Gasteiger partial charge in [0.25, 0.3) is 0 Å². The van der Waals surface area contributed by atoms with Gasteiger partial charge in [0.1, 0.15) is 0 Å². The predicted molar refractivity (Wildman–Crippen MR) is 74.3 cm³/mol. The summed E-state index contributed by atoms with van der Waals surface area (Å²) in [5.41, 5.74) is 3.17. The molecule has 0 saturated carbocycles. The van der Waals surface area contributed by atoms with Crippen molar-refractivity contribution >= 4 is 0 Å². The molecule has 1 aliphatic carbocycles. The summed E-state index contributed by atoms with van der Waals surface area (Å²) >= 11 is 0. The average molecular weight is 231 g/mol. The Bertz CT molecular complexity index is 339. The molecule has 2 rings (SSSR count). The van der Waals surface area contributed by atoms with Gasteiger partial charge in [-0.1, -0.05) is 44.5 Å². The van der Waals surface area contributed by atoms with Gasteiger partial charge in [-0.3, -0.25) is 0 Å². The van der Waals surface area contributed by atoms with Gasteiger partial charge in [-0.25, -0.2) is 0 Å². The Morgan fingerprint density at radius 2 is 2.00 bits per heavy atom. The lowest BCUT2D eigenvalue weighted by atomic mass is 9.79. The standard InChI is InChI=1S/C16H25N/c1-3-7-16(17-4-2)15-11-10-13-8-5-6-9-14(13)12-15/h5-6,8-9,15-17H,3-4,7,10-12H2,1-2H3. The second kappa shape index (κ2) is 6.20. The number of fused-ring (bicyclic) bond motifs is 1. The van der Waals surface area contributed by atoms with Crippen LogP contribution in [0, 0.1) is 5.92 Å². The molecule has 1 N–H and O–H groups in total. The van der Waals surface area contributed by atoms with Gasteiger partial charge in [-0.15, -0.1) is 0 Å². The smallest absolute Gasteiger partial charge is 0.00984 e. The quantitative estimate of drug-likeness (QED) is 0.817. The highest BCUT2D eigenvalue weighted by Gasteiger charge is 2.24. The summed E-state index contributed by atoms with van der Waals surface area (Å²) < 4.78 is 0. The molecule has 0 aromatic heterocycles. The Morgan fingerprint density at radius 3 is 2.71 bits per heavy atom. The third-order valence-electron chi connectivity index (χ3n) is 4.02. The van der Waals surface area contributed by atoms with E-state index >= 15 is 0 Å². The molecule has 0 saturated heterocycles. The van der Waals surface area contributed by atoms with Crippen molar-refractivity contribution in [2.45, 2.75) is 52.0 Å². The molecule has 2 atom stereocenters. The second-order valence-corrected chi connectivity index (χ2v) is 5.22. The number of hydrogen-bond acceptors (Lipinski definition) is 1. The van der Waals surface area contributed by atoms with Crippen LogP contribution in [0.4, 0.5) is 0 Å². The fourth-order valence-corrected chi connectivity index (χ4v) is 3.15. The first-order valence-electron chi connectivity index (χ1n) is 7.15. The van der Waals surface area contributed by atoms with Crippen molar-refractivity contribution in [3.8, 4) is 0 Å². The number of benzene rings is 1. The summed E-state index contributed by atoms with van der Waals surface area (Å²) in [6, 6.07) is 9.69. The van der Waals surface area contributed by atoms with Crippen LogP contribution < -0.4 is 5.32 Å². The topological polar surface area (TPSA) is 12.0 Å². The number of aryl methyl sites for hydroxylation is 1. The van der Waals surface area contributed by atoms with E-state index in [0.29, 0.717) is 0 Å². The van der Waals surface area contributed by atoms with Crippen LogP contribution in [0.2, 0.25) is 0 Å². The largest absolute Gasteiger partial charge is 0.314 e. The van der Waals surface area contributed by atoms with Crippen LogP contribution >= 0.6 is 0 Å². The first-order valence-corrected chi connectivity index (χ1v) is 7.15. The molecule has 1 aromatic rings. The molecule has 0 amide bonds. The van der Waals surface area contributed by atoms with Crippen molar-refractivity contribution in [3.63, 3.8) is 0 Å². The molecular formula is C16H25N. The summed E-state index contributed by atoms with van der Waals surface area (Å²) in [7, 11) is 0. The van der Waals surface area contributed by atoms with Crippen molar-refractivity contribution in [1.29, 1.82) is 0 Å². The highest BCUT2D eigenvalue weighted by molar-refractivity contribution is 5.29. The molecule has 1 aromatic carbocycles. The van der Waals surface area contributed by atoms with E-state index in [1.165, 1.54) is 32.1 Å². The molecule has 1 nitrogen and oxygen atoms in total. The van der Waals surface area contributed by atoms with E-state index in [1.54, 1.807) is 11.1 Å². The lowest BCUT2D eigenvalue weighted by molar-refractivity contribution is 0.307. The summed E-state index contributed by atoms with van der Waals surface area (Å²) in [5, 5.41) is 3.68. The fourth-order valence-electron chi connectivity index (χ4n) is 3.15. The van der Waals surface area contributed by atoms with Crippen molar-refractivity contribution in [2.24, 2.45) is 5.92 Å². The van der Waals surface area contributed by atoms with Gasteiger partial charge in [0.15, 0.2) is 0 Å². The minimum Gasteiger partial charge on any atom is -0.314 e. The molecule has 94 valence electrons. The zero-order valence-corrected chi connectivity index (χ0v) is 11.2. The lowest BCUT2D eigenvalue weighted by Gasteiger charge is -2.32. The molecule has 1 heteroatoms. The molecule has 17 heavy (non-hydrogen) atoms. The van der Waals surface area contributed by atoms with Crippen LogP contribution in [0.3, 0.4) is 0 Å². The van der Waals surface area contributed by atoms with E-state index in [9.17, 15) is 0 Å². The van der Waals surface area contributed by atoms with Crippen molar-refractivity contribution in [1.82, 2.24) is 5.32 Å². The molecule has 2 unspecified atom stereocenters. The van der Waals surface area contributed by atoms with Crippen molar-refractivity contribution < 1.29 is 0 Å². The second-order valence-electron chi connectivity index (χ2n) is 5.22. The van der Waals surface area contributed by atoms with Crippen LogP contribution in [0.1, 0.15) is 44.2 Å². The van der Waals surface area contributed by atoms with Gasteiger partial charge in [0, 0.05) is 6.04 Å². The van der Waals surface area contributed by atoms with Gasteiger partial charge in [-0.05, 0) is 49.3 Å². The molecule has 0 fully saturated rings. The van der Waals surface area contributed by atoms with E-state index in [1.807, 2.05) is 0 Å². The molecule has 1 aliphatic rings. The van der Waals surface area contributed by atoms with E-state index in [0.717, 1.165) is 18.5 Å². The van der Waals surface area contributed by atoms with E-state index < -0.39 is 0 Å². The van der Waals surface area contributed by atoms with Crippen LogP contribution in [-0.2, 0) is 12.8 Å². The van der Waals surface area contributed by atoms with Gasteiger partial charge in [0.05, 0.1) is 0 Å². The first kappa shape index (κ1) is 12.6. The number of nitrogens with one attached hydrogen (secondary N) is 1. The predicted octanol–water partition coefficient (Wildman–Crippen LogP) is 3.57. The van der Waals surface area contributed by atoms with Gasteiger partial charge >= 0.3 is 0 Å². The molecule has 0 radical (unpaired) electrons.